The van der Waals surface area contributed by atoms with E-state index in [1.54, 1.807) is 24.3 Å². The fraction of sp³-hybridized carbons (Fsp3) is 0.294. The molecule has 0 spiro atoms. The minimum Gasteiger partial charge on any atom is -0.478 e. The monoisotopic (exact) mass is 405 g/mol. The van der Waals surface area contributed by atoms with E-state index in [1.807, 2.05) is 14.1 Å². The van der Waals surface area contributed by atoms with Crippen LogP contribution >= 0.6 is 11.6 Å². The van der Waals surface area contributed by atoms with Crippen LogP contribution in [0.4, 0.5) is 11.6 Å². The molecule has 0 fully saturated rings. The maximum atomic E-state index is 5.59. The molecule has 4 N–H and O–H groups in total. The standard InChI is InChI=1S/C11H16N4O2.C6H4ClN3O/c1-15(2)6-3-7-16-9-5-4-8-10(12)14-17-11(8)13-9;7-4-2-1-3-5(8)10-11-6(3)9-4/h4-5H,3,6-7H2,1-2H3,(H2,12,14);1-2H,(H2,8,10). The zero-order valence-electron chi connectivity index (χ0n) is 15.4. The van der Waals surface area contributed by atoms with Crippen LogP contribution in [0.5, 0.6) is 5.88 Å². The summed E-state index contributed by atoms with van der Waals surface area (Å²) >= 11 is 5.59. The Hall–Kier alpha value is -3.11. The molecule has 0 atom stereocenters. The highest BCUT2D eigenvalue weighted by Gasteiger charge is 2.07. The van der Waals surface area contributed by atoms with Crippen molar-refractivity contribution in [2.45, 2.75) is 6.42 Å². The Labute approximate surface area is 165 Å². The van der Waals surface area contributed by atoms with E-state index in [4.69, 9.17) is 36.9 Å². The first-order chi connectivity index (χ1) is 13.4. The Kier molecular flexibility index (Phi) is 6.12. The molecule has 0 radical (unpaired) electrons. The molecule has 0 unspecified atom stereocenters. The fourth-order valence-corrected chi connectivity index (χ4v) is 2.43. The van der Waals surface area contributed by atoms with Gasteiger partial charge in [-0.3, -0.25) is 0 Å². The van der Waals surface area contributed by atoms with Crippen LogP contribution in [0, 0.1) is 0 Å². The second kappa shape index (κ2) is 8.72. The quantitative estimate of drug-likeness (QED) is 0.375. The Morgan fingerprint density at radius 2 is 1.57 bits per heavy atom. The van der Waals surface area contributed by atoms with Gasteiger partial charge in [0.2, 0.25) is 5.88 Å². The third-order valence-electron chi connectivity index (χ3n) is 3.67. The first-order valence-electron chi connectivity index (χ1n) is 8.41. The van der Waals surface area contributed by atoms with Crippen molar-refractivity contribution in [1.29, 1.82) is 0 Å². The number of nitrogen functional groups attached to an aromatic ring is 2. The summed E-state index contributed by atoms with van der Waals surface area (Å²) in [5.74, 6) is 1.23. The molecule has 0 saturated heterocycles. The number of halogens is 1. The van der Waals surface area contributed by atoms with Gasteiger partial charge in [-0.05, 0) is 38.7 Å². The van der Waals surface area contributed by atoms with E-state index >= 15 is 0 Å². The van der Waals surface area contributed by atoms with Crippen LogP contribution in [0.1, 0.15) is 6.42 Å². The topological polar surface area (TPSA) is 142 Å². The summed E-state index contributed by atoms with van der Waals surface area (Å²) in [7, 11) is 4.06. The maximum absolute atomic E-state index is 5.59. The second-order valence-corrected chi connectivity index (χ2v) is 6.52. The molecule has 0 amide bonds. The largest absolute Gasteiger partial charge is 0.478 e. The summed E-state index contributed by atoms with van der Waals surface area (Å²) in [4.78, 5) is 10.1. The summed E-state index contributed by atoms with van der Waals surface area (Å²) in [5, 5.41) is 8.92. The molecule has 0 aliphatic rings. The predicted octanol–water partition coefficient (Wildman–Crippen LogP) is 2.59. The molecule has 4 aromatic heterocycles. The third-order valence-corrected chi connectivity index (χ3v) is 3.88. The van der Waals surface area contributed by atoms with Crippen LogP contribution in [0.2, 0.25) is 5.15 Å². The van der Waals surface area contributed by atoms with Crippen molar-refractivity contribution in [2.75, 3.05) is 38.7 Å². The van der Waals surface area contributed by atoms with Crippen LogP contribution in [-0.4, -0.2) is 52.4 Å². The zero-order valence-corrected chi connectivity index (χ0v) is 16.2. The van der Waals surface area contributed by atoms with Gasteiger partial charge < -0.3 is 30.2 Å². The van der Waals surface area contributed by atoms with Crippen molar-refractivity contribution in [1.82, 2.24) is 25.2 Å². The van der Waals surface area contributed by atoms with Crippen LogP contribution in [-0.2, 0) is 0 Å². The molecule has 0 saturated carbocycles. The van der Waals surface area contributed by atoms with Gasteiger partial charge in [0.25, 0.3) is 11.4 Å². The minimum atomic E-state index is 0.337. The highest BCUT2D eigenvalue weighted by molar-refractivity contribution is 6.29. The van der Waals surface area contributed by atoms with Gasteiger partial charge in [-0.15, -0.1) is 0 Å². The van der Waals surface area contributed by atoms with Crippen molar-refractivity contribution >= 4 is 45.4 Å². The number of hydrogen-bond acceptors (Lipinski definition) is 10. The Balaban J connectivity index is 0.000000176. The minimum absolute atomic E-state index is 0.337. The zero-order chi connectivity index (χ0) is 20.1. The molecule has 4 aromatic rings. The average molecular weight is 406 g/mol. The van der Waals surface area contributed by atoms with Crippen LogP contribution in [0.3, 0.4) is 0 Å². The lowest BCUT2D eigenvalue weighted by Crippen LogP contribution is -2.15. The number of ether oxygens (including phenoxy) is 1. The SMILES string of the molecule is CN(C)CCCOc1ccc2c(N)noc2n1.Nc1noc2nc(Cl)ccc12. The Morgan fingerprint density at radius 1 is 0.964 bits per heavy atom. The van der Waals surface area contributed by atoms with Crippen molar-refractivity contribution in [3.05, 3.63) is 29.4 Å². The molecular formula is C17H20ClN7O3. The van der Waals surface area contributed by atoms with Gasteiger partial charge in [0.15, 0.2) is 11.6 Å². The number of hydrogen-bond donors (Lipinski definition) is 2. The summed E-state index contributed by atoms with van der Waals surface area (Å²) < 4.78 is 15.2. The molecule has 0 bridgehead atoms. The van der Waals surface area contributed by atoms with Crippen LogP contribution < -0.4 is 16.2 Å². The lowest BCUT2D eigenvalue weighted by molar-refractivity contribution is 0.273. The lowest BCUT2D eigenvalue weighted by Gasteiger charge is -2.09. The second-order valence-electron chi connectivity index (χ2n) is 6.13. The highest BCUT2D eigenvalue weighted by Crippen LogP contribution is 2.21. The van der Waals surface area contributed by atoms with Gasteiger partial charge in [-0.2, -0.15) is 9.97 Å². The van der Waals surface area contributed by atoms with Gasteiger partial charge in [-0.25, -0.2) is 0 Å². The van der Waals surface area contributed by atoms with Crippen molar-refractivity contribution < 1.29 is 13.8 Å². The molecule has 4 rings (SSSR count). The molecule has 10 nitrogen and oxygen atoms in total. The van der Waals surface area contributed by atoms with Crippen LogP contribution in [0.25, 0.3) is 22.2 Å². The molecule has 4 heterocycles. The Morgan fingerprint density at radius 3 is 2.21 bits per heavy atom. The van der Waals surface area contributed by atoms with E-state index < -0.39 is 0 Å². The summed E-state index contributed by atoms with van der Waals surface area (Å²) in [6.07, 6.45) is 0.950. The molecule has 148 valence electrons. The summed E-state index contributed by atoms with van der Waals surface area (Å²) in [6.45, 7) is 1.61. The van der Waals surface area contributed by atoms with E-state index in [0.717, 1.165) is 13.0 Å². The van der Waals surface area contributed by atoms with Gasteiger partial charge in [0.05, 0.1) is 17.4 Å². The lowest BCUT2D eigenvalue weighted by atomic mass is 10.3. The number of fused-ring (bicyclic) bond motifs is 2. The highest BCUT2D eigenvalue weighted by atomic mass is 35.5. The Bertz CT molecular complexity index is 1060. The normalized spacial score (nSPS) is 11.0. The van der Waals surface area contributed by atoms with Crippen molar-refractivity contribution in [2.24, 2.45) is 0 Å². The van der Waals surface area contributed by atoms with Gasteiger partial charge in [-0.1, -0.05) is 21.9 Å². The average Bonchev–Trinajstić information content (AvgIpc) is 3.22. The van der Waals surface area contributed by atoms with Gasteiger partial charge in [0, 0.05) is 12.6 Å². The van der Waals surface area contributed by atoms with E-state index in [2.05, 4.69) is 25.2 Å². The number of rotatable bonds is 5. The molecule has 28 heavy (non-hydrogen) atoms. The summed E-state index contributed by atoms with van der Waals surface area (Å²) in [6, 6.07) is 6.93. The van der Waals surface area contributed by atoms with E-state index in [1.165, 1.54) is 0 Å². The fourth-order valence-electron chi connectivity index (χ4n) is 2.29. The van der Waals surface area contributed by atoms with Crippen LogP contribution in [0.15, 0.2) is 33.3 Å². The molecule has 0 aliphatic heterocycles. The number of aromatic nitrogens is 4. The number of nitrogens with zero attached hydrogens (tertiary/aromatic N) is 5. The number of anilines is 2. The van der Waals surface area contributed by atoms with Gasteiger partial charge in [0.1, 0.15) is 5.15 Å². The van der Waals surface area contributed by atoms with Crippen molar-refractivity contribution in [3.63, 3.8) is 0 Å². The summed E-state index contributed by atoms with van der Waals surface area (Å²) in [5.41, 5.74) is 11.8. The molecule has 0 aromatic carbocycles. The molecule has 11 heteroatoms. The third kappa shape index (κ3) is 4.78. The van der Waals surface area contributed by atoms with E-state index in [0.29, 0.717) is 51.5 Å². The number of pyridine rings is 2. The van der Waals surface area contributed by atoms with Crippen molar-refractivity contribution in [3.8, 4) is 5.88 Å². The first kappa shape index (κ1) is 19.6. The number of nitrogens with two attached hydrogens (primary N) is 2. The van der Waals surface area contributed by atoms with Gasteiger partial charge >= 0.3 is 0 Å². The molecular weight excluding hydrogens is 386 g/mol. The predicted molar refractivity (Wildman–Crippen MR) is 106 cm³/mol. The maximum Gasteiger partial charge on any atom is 0.263 e. The van der Waals surface area contributed by atoms with E-state index in [9.17, 15) is 0 Å². The molecule has 0 aliphatic carbocycles. The smallest absolute Gasteiger partial charge is 0.263 e. The van der Waals surface area contributed by atoms with E-state index in [-0.39, 0.29) is 0 Å². The first-order valence-corrected chi connectivity index (χ1v) is 8.78.